The van der Waals surface area contributed by atoms with E-state index in [1.807, 2.05) is 30.3 Å². The quantitative estimate of drug-likeness (QED) is 0.477. The number of imidazole rings is 1. The highest BCUT2D eigenvalue weighted by atomic mass is 32.2. The van der Waals surface area contributed by atoms with Gasteiger partial charge in [0.25, 0.3) is 5.69 Å². The van der Waals surface area contributed by atoms with E-state index in [1.54, 1.807) is 6.20 Å². The molecule has 8 nitrogen and oxygen atoms in total. The lowest BCUT2D eigenvalue weighted by molar-refractivity contribution is -0.384. The number of non-ortho nitro benzene ring substituents is 1. The summed E-state index contributed by atoms with van der Waals surface area (Å²) in [5.41, 5.74) is 2.43. The molecule has 0 aliphatic carbocycles. The lowest BCUT2D eigenvalue weighted by Gasteiger charge is -2.31. The minimum Gasteiger partial charge on any atom is -0.342 e. The maximum absolute atomic E-state index is 12.9. The van der Waals surface area contributed by atoms with Crippen molar-refractivity contribution in [2.75, 3.05) is 13.1 Å². The van der Waals surface area contributed by atoms with Gasteiger partial charge in [0, 0.05) is 31.1 Å². The number of nitrogens with one attached hydrogen (secondary N) is 1. The summed E-state index contributed by atoms with van der Waals surface area (Å²) in [6, 6.07) is 15.5. The summed E-state index contributed by atoms with van der Waals surface area (Å²) in [4.78, 5) is 18.1. The predicted octanol–water partition coefficient (Wildman–Crippen LogP) is 3.69. The Hall–Kier alpha value is -3.04. The van der Waals surface area contributed by atoms with Crippen LogP contribution in [0.15, 0.2) is 60.8 Å². The molecule has 1 fully saturated rings. The minimum absolute atomic E-state index is 0.00264. The zero-order chi connectivity index (χ0) is 21.1. The lowest BCUT2D eigenvalue weighted by Crippen LogP contribution is -2.40. The van der Waals surface area contributed by atoms with E-state index in [1.165, 1.54) is 28.6 Å². The molecule has 1 aliphatic rings. The number of aromatic nitrogens is 2. The summed E-state index contributed by atoms with van der Waals surface area (Å²) in [5.74, 6) is 0.623. The van der Waals surface area contributed by atoms with Crippen molar-refractivity contribution in [1.82, 2.24) is 14.3 Å². The zero-order valence-corrected chi connectivity index (χ0v) is 17.1. The van der Waals surface area contributed by atoms with Crippen molar-refractivity contribution in [2.45, 2.75) is 24.5 Å². The Morgan fingerprint density at radius 2 is 1.87 bits per heavy atom. The van der Waals surface area contributed by atoms with Crippen LogP contribution in [0.2, 0.25) is 0 Å². The molecule has 1 atom stereocenters. The number of nitro benzene ring substituents is 1. The topological polar surface area (TPSA) is 109 Å². The number of benzene rings is 2. The summed E-state index contributed by atoms with van der Waals surface area (Å²) in [6.07, 6.45) is 3.41. The molecule has 1 saturated heterocycles. The van der Waals surface area contributed by atoms with Crippen molar-refractivity contribution in [1.29, 1.82) is 0 Å². The first-order valence-corrected chi connectivity index (χ1v) is 11.3. The number of H-pyrrole nitrogens is 1. The fourth-order valence-corrected chi connectivity index (χ4v) is 5.35. The lowest BCUT2D eigenvalue weighted by atomic mass is 9.99. The van der Waals surface area contributed by atoms with Gasteiger partial charge in [-0.25, -0.2) is 17.7 Å². The molecule has 3 aromatic rings. The van der Waals surface area contributed by atoms with E-state index in [0.29, 0.717) is 18.7 Å². The summed E-state index contributed by atoms with van der Waals surface area (Å²) in [7, 11) is -3.53. The normalized spacial score (nSPS) is 17.7. The minimum atomic E-state index is -3.53. The van der Waals surface area contributed by atoms with E-state index in [9.17, 15) is 18.5 Å². The van der Waals surface area contributed by atoms with Crippen LogP contribution in [0.1, 0.15) is 30.1 Å². The Morgan fingerprint density at radius 1 is 1.13 bits per heavy atom. The summed E-state index contributed by atoms with van der Waals surface area (Å²) < 4.78 is 27.4. The first-order valence-electron chi connectivity index (χ1n) is 9.74. The van der Waals surface area contributed by atoms with Crippen LogP contribution < -0.4 is 0 Å². The zero-order valence-electron chi connectivity index (χ0n) is 16.3. The molecule has 0 radical (unpaired) electrons. The van der Waals surface area contributed by atoms with Crippen molar-refractivity contribution in [2.24, 2.45) is 0 Å². The summed E-state index contributed by atoms with van der Waals surface area (Å²) in [6.45, 7) is 0.842. The Labute approximate surface area is 174 Å². The third-order valence-electron chi connectivity index (χ3n) is 5.34. The number of hydrogen-bond acceptors (Lipinski definition) is 5. The third kappa shape index (κ3) is 4.42. The number of hydrogen-bond donors (Lipinski definition) is 1. The molecule has 1 aromatic heterocycles. The smallest absolute Gasteiger partial charge is 0.269 e. The second-order valence-electron chi connectivity index (χ2n) is 7.43. The second-order valence-corrected chi connectivity index (χ2v) is 9.39. The van der Waals surface area contributed by atoms with Gasteiger partial charge in [0.15, 0.2) is 0 Å². The number of nitrogens with zero attached hydrogens (tertiary/aromatic N) is 3. The molecule has 0 spiro atoms. The van der Waals surface area contributed by atoms with Gasteiger partial charge in [0.2, 0.25) is 10.0 Å². The molecule has 30 heavy (non-hydrogen) atoms. The van der Waals surface area contributed by atoms with Crippen LogP contribution >= 0.6 is 0 Å². The molecule has 1 N–H and O–H groups in total. The fourth-order valence-electron chi connectivity index (χ4n) is 3.74. The average Bonchev–Trinajstić information content (AvgIpc) is 3.25. The van der Waals surface area contributed by atoms with Crippen molar-refractivity contribution in [3.63, 3.8) is 0 Å². The van der Waals surface area contributed by atoms with Gasteiger partial charge in [0.05, 0.1) is 22.6 Å². The van der Waals surface area contributed by atoms with Gasteiger partial charge in [-0.2, -0.15) is 0 Å². The van der Waals surface area contributed by atoms with Crippen LogP contribution in [0, 0.1) is 10.1 Å². The SMILES string of the molecule is O=[N+]([O-])c1ccc(CS(=O)(=O)N2CCC[C@@H](c3ncc(-c4ccccc4)[nH]3)C2)cc1. The van der Waals surface area contributed by atoms with Crippen LogP contribution in [0.3, 0.4) is 0 Å². The molecular formula is C21H22N4O4S. The molecule has 2 heterocycles. The monoisotopic (exact) mass is 426 g/mol. The molecule has 0 bridgehead atoms. The maximum Gasteiger partial charge on any atom is 0.269 e. The Balaban J connectivity index is 1.46. The van der Waals surface area contributed by atoms with E-state index < -0.39 is 14.9 Å². The molecule has 0 saturated carbocycles. The standard InChI is InChI=1S/C21H22N4O4S/c26-25(27)19-10-8-16(9-11-19)15-30(28,29)24-12-4-7-18(14-24)21-22-13-20(23-21)17-5-2-1-3-6-17/h1-3,5-6,8-11,13,18H,4,7,12,14-15H2,(H,22,23)/t18-/m1/s1. The highest BCUT2D eigenvalue weighted by Gasteiger charge is 2.31. The Kier molecular flexibility index (Phi) is 5.65. The predicted molar refractivity (Wildman–Crippen MR) is 113 cm³/mol. The van der Waals surface area contributed by atoms with Crippen LogP contribution in [0.4, 0.5) is 5.69 Å². The van der Waals surface area contributed by atoms with E-state index >= 15 is 0 Å². The second kappa shape index (κ2) is 8.37. The van der Waals surface area contributed by atoms with E-state index in [0.717, 1.165) is 29.9 Å². The van der Waals surface area contributed by atoms with E-state index in [2.05, 4.69) is 9.97 Å². The van der Waals surface area contributed by atoms with Crippen LogP contribution in [0.25, 0.3) is 11.3 Å². The number of sulfonamides is 1. The average molecular weight is 426 g/mol. The Bertz CT molecular complexity index is 1130. The van der Waals surface area contributed by atoms with E-state index in [4.69, 9.17) is 0 Å². The van der Waals surface area contributed by atoms with Gasteiger partial charge < -0.3 is 4.98 Å². The highest BCUT2D eigenvalue weighted by Crippen LogP contribution is 2.29. The molecule has 1 aliphatic heterocycles. The largest absolute Gasteiger partial charge is 0.342 e. The maximum atomic E-state index is 12.9. The van der Waals surface area contributed by atoms with Crippen molar-refractivity contribution >= 4 is 15.7 Å². The summed E-state index contributed by atoms with van der Waals surface area (Å²) in [5, 5.41) is 10.8. The van der Waals surface area contributed by atoms with Gasteiger partial charge in [-0.05, 0) is 24.0 Å². The number of aromatic amines is 1. The molecular weight excluding hydrogens is 404 g/mol. The first-order chi connectivity index (χ1) is 14.4. The molecule has 0 amide bonds. The van der Waals surface area contributed by atoms with E-state index in [-0.39, 0.29) is 17.4 Å². The van der Waals surface area contributed by atoms with Crippen molar-refractivity contribution in [3.8, 4) is 11.3 Å². The molecule has 2 aromatic carbocycles. The van der Waals surface area contributed by atoms with Crippen LogP contribution in [-0.4, -0.2) is 40.7 Å². The number of nitro groups is 1. The highest BCUT2D eigenvalue weighted by molar-refractivity contribution is 7.88. The number of piperidine rings is 1. The summed E-state index contributed by atoms with van der Waals surface area (Å²) >= 11 is 0. The molecule has 9 heteroatoms. The fraction of sp³-hybridized carbons (Fsp3) is 0.286. The molecule has 0 unspecified atom stereocenters. The van der Waals surface area contributed by atoms with Crippen LogP contribution in [0.5, 0.6) is 0 Å². The third-order valence-corrected chi connectivity index (χ3v) is 7.16. The van der Waals surface area contributed by atoms with Crippen molar-refractivity contribution in [3.05, 3.63) is 82.3 Å². The van der Waals surface area contributed by atoms with Gasteiger partial charge in [0.1, 0.15) is 5.82 Å². The van der Waals surface area contributed by atoms with Gasteiger partial charge in [-0.3, -0.25) is 10.1 Å². The number of rotatable bonds is 6. The first kappa shape index (κ1) is 20.2. The molecule has 156 valence electrons. The van der Waals surface area contributed by atoms with Gasteiger partial charge >= 0.3 is 0 Å². The van der Waals surface area contributed by atoms with Gasteiger partial charge in [-0.15, -0.1) is 0 Å². The van der Waals surface area contributed by atoms with Gasteiger partial charge in [-0.1, -0.05) is 42.5 Å². The molecule has 4 rings (SSSR count). The van der Waals surface area contributed by atoms with Crippen LogP contribution in [-0.2, 0) is 15.8 Å². The van der Waals surface area contributed by atoms with Crippen molar-refractivity contribution < 1.29 is 13.3 Å². The Morgan fingerprint density at radius 3 is 2.57 bits per heavy atom.